The van der Waals surface area contributed by atoms with Crippen LogP contribution in [0.2, 0.25) is 0 Å². The first-order valence-electron chi connectivity index (χ1n) is 5.90. The van der Waals surface area contributed by atoms with Gasteiger partial charge in [-0.15, -0.1) is 0 Å². The van der Waals surface area contributed by atoms with E-state index in [-0.39, 0.29) is 11.8 Å². The maximum Gasteiger partial charge on any atom is 0.303 e. The molecular formula is C14H15IO4. The van der Waals surface area contributed by atoms with Crippen LogP contribution < -0.4 is 4.74 Å². The first-order valence-corrected chi connectivity index (χ1v) is 7.43. The Morgan fingerprint density at radius 2 is 2.16 bits per heavy atom. The number of benzene rings is 1. The fourth-order valence-corrected chi connectivity index (χ4v) is 3.16. The largest absolute Gasteiger partial charge is 0.496 e. The van der Waals surface area contributed by atoms with Gasteiger partial charge in [-0.05, 0) is 13.0 Å². The second kappa shape index (κ2) is 5.11. The topological polar surface area (TPSA) is 52.6 Å². The van der Waals surface area contributed by atoms with Gasteiger partial charge in [0.25, 0.3) is 0 Å². The normalized spacial score (nSPS) is 25.1. The molecule has 102 valence electrons. The lowest BCUT2D eigenvalue weighted by Gasteiger charge is -2.27. The molecule has 2 atom stereocenters. The van der Waals surface area contributed by atoms with Gasteiger partial charge < -0.3 is 9.47 Å². The summed E-state index contributed by atoms with van der Waals surface area (Å²) in [6, 6.07) is 5.38. The maximum atomic E-state index is 12.6. The highest BCUT2D eigenvalue weighted by Crippen LogP contribution is 2.51. The number of rotatable bonds is 3. The van der Waals surface area contributed by atoms with E-state index in [1.165, 1.54) is 14.0 Å². The Bertz CT molecular complexity index is 540. The number of carbonyl (C=O) groups excluding carboxylic acids is 2. The summed E-state index contributed by atoms with van der Waals surface area (Å²) in [7, 11) is 1.53. The Morgan fingerprint density at radius 1 is 1.47 bits per heavy atom. The van der Waals surface area contributed by atoms with Crippen LogP contribution in [0.4, 0.5) is 0 Å². The summed E-state index contributed by atoms with van der Waals surface area (Å²) in [6.07, 6.45) is -0.542. The Kier molecular flexibility index (Phi) is 3.85. The molecule has 0 bridgehead atoms. The average Bonchev–Trinajstić information content (AvgIpc) is 2.61. The zero-order chi connectivity index (χ0) is 14.2. The second-order valence-electron chi connectivity index (χ2n) is 4.79. The van der Waals surface area contributed by atoms with Gasteiger partial charge in [-0.25, -0.2) is 0 Å². The molecule has 1 aliphatic carbocycles. The van der Waals surface area contributed by atoms with Gasteiger partial charge in [0.15, 0.2) is 5.78 Å². The standard InChI is InChI=1S/C14H15IO4/c1-8(16)19-13-9-5-4-6-10(18-3)11(9)12(17)14(13,2)7-15/h4-6,13H,7H2,1-3H3/t13-,14+/m0/s1. The van der Waals surface area contributed by atoms with Crippen molar-refractivity contribution >= 4 is 34.3 Å². The lowest BCUT2D eigenvalue weighted by atomic mass is 9.86. The summed E-state index contributed by atoms with van der Waals surface area (Å²) in [4.78, 5) is 24.0. The van der Waals surface area contributed by atoms with Crippen LogP contribution in [0, 0.1) is 5.41 Å². The van der Waals surface area contributed by atoms with E-state index in [4.69, 9.17) is 9.47 Å². The summed E-state index contributed by atoms with van der Waals surface area (Å²) < 4.78 is 11.2. The minimum absolute atomic E-state index is 0.0272. The number of fused-ring (bicyclic) bond motifs is 1. The molecule has 5 heteroatoms. The quantitative estimate of drug-likeness (QED) is 0.464. The molecule has 0 fully saturated rings. The Balaban J connectivity index is 2.61. The third-order valence-electron chi connectivity index (χ3n) is 3.45. The highest BCUT2D eigenvalue weighted by atomic mass is 127. The minimum atomic E-state index is -0.733. The fourth-order valence-electron chi connectivity index (χ4n) is 2.42. The smallest absolute Gasteiger partial charge is 0.303 e. The van der Waals surface area contributed by atoms with Crippen molar-refractivity contribution in [2.75, 3.05) is 11.5 Å². The number of hydrogen-bond donors (Lipinski definition) is 0. The molecule has 0 saturated heterocycles. The van der Waals surface area contributed by atoms with Crippen LogP contribution in [0.3, 0.4) is 0 Å². The van der Waals surface area contributed by atoms with Crippen molar-refractivity contribution in [3.8, 4) is 5.75 Å². The van der Waals surface area contributed by atoms with Crippen molar-refractivity contribution in [3.63, 3.8) is 0 Å². The summed E-state index contributed by atoms with van der Waals surface area (Å²) in [5, 5.41) is 0. The molecular weight excluding hydrogens is 359 g/mol. The second-order valence-corrected chi connectivity index (χ2v) is 5.56. The van der Waals surface area contributed by atoms with E-state index in [0.29, 0.717) is 15.7 Å². The van der Waals surface area contributed by atoms with E-state index in [9.17, 15) is 9.59 Å². The highest BCUT2D eigenvalue weighted by molar-refractivity contribution is 14.1. The van der Waals surface area contributed by atoms with Gasteiger partial charge in [0, 0.05) is 16.9 Å². The van der Waals surface area contributed by atoms with Crippen LogP contribution in [0.25, 0.3) is 0 Å². The molecule has 19 heavy (non-hydrogen) atoms. The molecule has 0 aromatic heterocycles. The summed E-state index contributed by atoms with van der Waals surface area (Å²) in [6.45, 7) is 3.19. The van der Waals surface area contributed by atoms with Gasteiger partial charge in [0.2, 0.25) is 0 Å². The predicted molar refractivity (Wildman–Crippen MR) is 78.8 cm³/mol. The zero-order valence-corrected chi connectivity index (χ0v) is 13.2. The van der Waals surface area contributed by atoms with Crippen molar-refractivity contribution < 1.29 is 19.1 Å². The van der Waals surface area contributed by atoms with Gasteiger partial charge in [-0.1, -0.05) is 34.7 Å². The Hall–Kier alpha value is -1.11. The van der Waals surface area contributed by atoms with Crippen molar-refractivity contribution in [1.29, 1.82) is 0 Å². The van der Waals surface area contributed by atoms with Crippen molar-refractivity contribution in [2.45, 2.75) is 20.0 Å². The first kappa shape index (κ1) is 14.3. The molecule has 4 nitrogen and oxygen atoms in total. The molecule has 0 radical (unpaired) electrons. The van der Waals surface area contributed by atoms with Crippen LogP contribution >= 0.6 is 22.6 Å². The molecule has 1 aliphatic rings. The lowest BCUT2D eigenvalue weighted by Crippen LogP contribution is -2.32. The molecule has 0 spiro atoms. The maximum absolute atomic E-state index is 12.6. The van der Waals surface area contributed by atoms with E-state index in [1.54, 1.807) is 12.1 Å². The average molecular weight is 374 g/mol. The van der Waals surface area contributed by atoms with E-state index in [0.717, 1.165) is 5.56 Å². The predicted octanol–water partition coefficient (Wildman–Crippen LogP) is 2.94. The molecule has 0 saturated carbocycles. The van der Waals surface area contributed by atoms with Crippen molar-refractivity contribution in [1.82, 2.24) is 0 Å². The Morgan fingerprint density at radius 3 is 2.68 bits per heavy atom. The highest BCUT2D eigenvalue weighted by Gasteiger charge is 2.52. The molecule has 1 aromatic rings. The number of alkyl halides is 1. The number of Topliss-reactive ketones (excluding diaryl/α,β-unsaturated/α-hetero) is 1. The molecule has 0 amide bonds. The third kappa shape index (κ3) is 2.13. The van der Waals surface area contributed by atoms with Gasteiger partial charge in [0.05, 0.1) is 18.1 Å². The number of ether oxygens (including phenoxy) is 2. The van der Waals surface area contributed by atoms with Gasteiger partial charge in [0.1, 0.15) is 11.9 Å². The number of hydrogen-bond acceptors (Lipinski definition) is 4. The molecule has 1 aromatic carbocycles. The number of carbonyl (C=O) groups is 2. The van der Waals surface area contributed by atoms with Gasteiger partial charge in [-0.2, -0.15) is 0 Å². The summed E-state index contributed by atoms with van der Waals surface area (Å²) in [5.41, 5.74) is 0.539. The van der Waals surface area contributed by atoms with Crippen LogP contribution in [0.1, 0.15) is 35.9 Å². The molecule has 2 rings (SSSR count). The monoisotopic (exact) mass is 374 g/mol. The van der Waals surface area contributed by atoms with Gasteiger partial charge >= 0.3 is 5.97 Å². The number of halogens is 1. The van der Waals surface area contributed by atoms with Crippen LogP contribution in [0.5, 0.6) is 5.75 Å². The first-order chi connectivity index (χ1) is 8.95. The van der Waals surface area contributed by atoms with Crippen LogP contribution in [-0.4, -0.2) is 23.3 Å². The van der Waals surface area contributed by atoms with Crippen molar-refractivity contribution in [2.24, 2.45) is 5.41 Å². The zero-order valence-electron chi connectivity index (χ0n) is 11.0. The molecule has 0 unspecified atom stereocenters. The van der Waals surface area contributed by atoms with Gasteiger partial charge in [-0.3, -0.25) is 9.59 Å². The molecule has 0 heterocycles. The summed E-state index contributed by atoms with van der Waals surface area (Å²) >= 11 is 2.15. The number of ketones is 1. The van der Waals surface area contributed by atoms with E-state index in [2.05, 4.69) is 22.6 Å². The van der Waals surface area contributed by atoms with E-state index < -0.39 is 11.5 Å². The van der Waals surface area contributed by atoms with E-state index >= 15 is 0 Å². The van der Waals surface area contributed by atoms with Crippen LogP contribution in [0.15, 0.2) is 18.2 Å². The SMILES string of the molecule is COc1cccc2c1C(=O)[C@@](C)(CI)[C@H]2OC(C)=O. The van der Waals surface area contributed by atoms with Crippen molar-refractivity contribution in [3.05, 3.63) is 29.3 Å². The van der Waals surface area contributed by atoms with E-state index in [1.807, 2.05) is 13.0 Å². The fraction of sp³-hybridized carbons (Fsp3) is 0.429. The molecule has 0 aliphatic heterocycles. The third-order valence-corrected chi connectivity index (χ3v) is 5.03. The number of esters is 1. The number of methoxy groups -OCH3 is 1. The Labute approximate surface area is 125 Å². The lowest BCUT2D eigenvalue weighted by molar-refractivity contribution is -0.150. The molecule has 0 N–H and O–H groups in total. The summed E-state index contributed by atoms with van der Waals surface area (Å²) in [5.74, 6) is 0.123. The minimum Gasteiger partial charge on any atom is -0.496 e. The van der Waals surface area contributed by atoms with Crippen LogP contribution in [-0.2, 0) is 9.53 Å².